The van der Waals surface area contributed by atoms with Crippen LogP contribution in [0.15, 0.2) is 30.3 Å². The Bertz CT molecular complexity index is 444. The first kappa shape index (κ1) is 10.6. The molecule has 1 saturated carbocycles. The lowest BCUT2D eigenvalue weighted by Gasteiger charge is -2.30. The first-order valence-electron chi connectivity index (χ1n) is 5.92. The highest BCUT2D eigenvalue weighted by Gasteiger charge is 2.66. The zero-order chi connectivity index (χ0) is 12.0. The third-order valence-electron chi connectivity index (χ3n) is 4.20. The molecule has 0 aromatic heterocycles. The van der Waals surface area contributed by atoms with E-state index in [1.165, 1.54) is 0 Å². The number of carbonyl (C=O) groups is 1. The Kier molecular flexibility index (Phi) is 2.16. The van der Waals surface area contributed by atoms with Gasteiger partial charge in [-0.25, -0.2) is 4.79 Å². The summed E-state index contributed by atoms with van der Waals surface area (Å²) in [5, 5.41) is 12.6. The van der Waals surface area contributed by atoms with Crippen LogP contribution in [0.3, 0.4) is 0 Å². The molecule has 0 radical (unpaired) electrons. The van der Waals surface area contributed by atoms with Gasteiger partial charge < -0.3 is 10.4 Å². The van der Waals surface area contributed by atoms with Crippen LogP contribution in [-0.2, 0) is 0 Å². The summed E-state index contributed by atoms with van der Waals surface area (Å²) in [6.45, 7) is 0.649. The Balaban J connectivity index is 2.00. The third kappa shape index (κ3) is 1.37. The summed E-state index contributed by atoms with van der Waals surface area (Å²) >= 11 is 0. The van der Waals surface area contributed by atoms with Gasteiger partial charge in [-0.3, -0.25) is 4.90 Å². The van der Waals surface area contributed by atoms with E-state index in [1.54, 1.807) is 4.90 Å². The van der Waals surface area contributed by atoms with Crippen molar-refractivity contribution in [1.29, 1.82) is 0 Å². The molecule has 3 atom stereocenters. The van der Waals surface area contributed by atoms with E-state index in [2.05, 4.69) is 5.32 Å². The van der Waals surface area contributed by atoms with Gasteiger partial charge in [-0.05, 0) is 24.9 Å². The summed E-state index contributed by atoms with van der Waals surface area (Å²) in [7, 11) is 1.93. The molecule has 1 aromatic carbocycles. The van der Waals surface area contributed by atoms with Crippen LogP contribution in [0.2, 0.25) is 0 Å². The second kappa shape index (κ2) is 3.47. The fourth-order valence-corrected chi connectivity index (χ4v) is 3.28. The van der Waals surface area contributed by atoms with E-state index in [0.717, 1.165) is 12.0 Å². The molecule has 90 valence electrons. The Labute approximate surface area is 100 Å². The first-order valence-corrected chi connectivity index (χ1v) is 5.92. The summed E-state index contributed by atoms with van der Waals surface area (Å²) in [5.41, 5.74) is 1.06. The number of benzene rings is 1. The average Bonchev–Trinajstić information content (AvgIpc) is 2.96. The molecule has 17 heavy (non-hydrogen) atoms. The SMILES string of the molecule is CN[C@@]12CC1CN(C(=O)O)[C@H]2c1ccccc1. The maximum Gasteiger partial charge on any atom is 0.407 e. The minimum atomic E-state index is -0.819. The molecular formula is C13H16N2O2. The highest BCUT2D eigenvalue weighted by Crippen LogP contribution is 2.59. The van der Waals surface area contributed by atoms with Gasteiger partial charge in [-0.1, -0.05) is 30.3 Å². The number of rotatable bonds is 2. The molecule has 3 rings (SSSR count). The fourth-order valence-electron chi connectivity index (χ4n) is 3.28. The van der Waals surface area contributed by atoms with Crippen molar-refractivity contribution >= 4 is 6.09 Å². The maximum atomic E-state index is 11.3. The van der Waals surface area contributed by atoms with E-state index in [4.69, 9.17) is 0 Å². The van der Waals surface area contributed by atoms with Gasteiger partial charge in [0, 0.05) is 12.1 Å². The van der Waals surface area contributed by atoms with Crippen molar-refractivity contribution in [3.05, 3.63) is 35.9 Å². The number of fused-ring (bicyclic) bond motifs is 1. The number of likely N-dealkylation sites (N-methyl/N-ethyl adjacent to an activating group) is 1. The molecular weight excluding hydrogens is 216 g/mol. The standard InChI is InChI=1S/C13H16N2O2/c1-14-13-7-10(13)8-15(12(16)17)11(13)9-5-3-2-4-6-9/h2-6,10-11,14H,7-8H2,1H3,(H,16,17)/t10?,11-,13-/m0/s1. The van der Waals surface area contributed by atoms with E-state index in [0.29, 0.717) is 12.5 Å². The zero-order valence-corrected chi connectivity index (χ0v) is 9.76. The van der Waals surface area contributed by atoms with Gasteiger partial charge in [0.25, 0.3) is 0 Å². The smallest absolute Gasteiger partial charge is 0.407 e. The van der Waals surface area contributed by atoms with Crippen LogP contribution in [0, 0.1) is 5.92 Å². The predicted molar refractivity (Wildman–Crippen MR) is 63.8 cm³/mol. The van der Waals surface area contributed by atoms with Crippen LogP contribution in [0.5, 0.6) is 0 Å². The van der Waals surface area contributed by atoms with Gasteiger partial charge in [0.15, 0.2) is 0 Å². The maximum absolute atomic E-state index is 11.3. The molecule has 4 heteroatoms. The summed E-state index contributed by atoms with van der Waals surface area (Å²) in [5.74, 6) is 0.466. The normalized spacial score (nSPS) is 34.5. The number of carboxylic acid groups (broad SMARTS) is 1. The second-order valence-electron chi connectivity index (χ2n) is 4.94. The van der Waals surface area contributed by atoms with Gasteiger partial charge in [-0.2, -0.15) is 0 Å². The number of amides is 1. The molecule has 4 nitrogen and oxygen atoms in total. The number of piperidine rings is 1. The summed E-state index contributed by atoms with van der Waals surface area (Å²) in [6.07, 6.45) is 0.257. The number of nitrogens with zero attached hydrogens (tertiary/aromatic N) is 1. The Morgan fingerprint density at radius 1 is 1.47 bits per heavy atom. The highest BCUT2D eigenvalue weighted by atomic mass is 16.4. The van der Waals surface area contributed by atoms with Crippen molar-refractivity contribution in [3.8, 4) is 0 Å². The van der Waals surface area contributed by atoms with Gasteiger partial charge >= 0.3 is 6.09 Å². The van der Waals surface area contributed by atoms with E-state index >= 15 is 0 Å². The number of hydrogen-bond donors (Lipinski definition) is 2. The van der Waals surface area contributed by atoms with Crippen molar-refractivity contribution in [2.45, 2.75) is 18.0 Å². The molecule has 1 saturated heterocycles. The number of nitrogens with one attached hydrogen (secondary N) is 1. The van der Waals surface area contributed by atoms with Crippen LogP contribution >= 0.6 is 0 Å². The summed E-state index contributed by atoms with van der Waals surface area (Å²) < 4.78 is 0. The van der Waals surface area contributed by atoms with E-state index in [9.17, 15) is 9.90 Å². The zero-order valence-electron chi connectivity index (χ0n) is 9.76. The predicted octanol–water partition coefficient (Wildman–Crippen LogP) is 1.70. The van der Waals surface area contributed by atoms with Gasteiger partial charge in [0.1, 0.15) is 0 Å². The molecule has 1 amide bonds. The summed E-state index contributed by atoms with van der Waals surface area (Å²) in [4.78, 5) is 12.9. The van der Waals surface area contributed by atoms with Gasteiger partial charge in [-0.15, -0.1) is 0 Å². The molecule has 2 N–H and O–H groups in total. The highest BCUT2D eigenvalue weighted by molar-refractivity contribution is 5.68. The average molecular weight is 232 g/mol. The molecule has 1 aromatic rings. The minimum Gasteiger partial charge on any atom is -0.465 e. The third-order valence-corrected chi connectivity index (χ3v) is 4.20. The van der Waals surface area contributed by atoms with Crippen molar-refractivity contribution in [3.63, 3.8) is 0 Å². The molecule has 2 fully saturated rings. The lowest BCUT2D eigenvalue weighted by Crippen LogP contribution is -2.41. The lowest BCUT2D eigenvalue weighted by atomic mass is 9.97. The van der Waals surface area contributed by atoms with Crippen LogP contribution < -0.4 is 5.32 Å². The van der Waals surface area contributed by atoms with Crippen molar-refractivity contribution in [1.82, 2.24) is 10.2 Å². The molecule has 0 bridgehead atoms. The van der Waals surface area contributed by atoms with Crippen LogP contribution in [0.4, 0.5) is 4.79 Å². The number of hydrogen-bond acceptors (Lipinski definition) is 2. The molecule has 1 aliphatic carbocycles. The van der Waals surface area contributed by atoms with Crippen LogP contribution in [-0.4, -0.2) is 35.2 Å². The van der Waals surface area contributed by atoms with E-state index in [1.807, 2.05) is 37.4 Å². The van der Waals surface area contributed by atoms with Gasteiger partial charge in [0.05, 0.1) is 6.04 Å². The first-order chi connectivity index (χ1) is 8.19. The molecule has 1 heterocycles. The molecule has 1 unspecified atom stereocenters. The topological polar surface area (TPSA) is 52.6 Å². The second-order valence-corrected chi connectivity index (χ2v) is 4.94. The molecule has 1 aliphatic heterocycles. The Morgan fingerprint density at radius 3 is 2.76 bits per heavy atom. The van der Waals surface area contributed by atoms with E-state index in [-0.39, 0.29) is 11.6 Å². The Hall–Kier alpha value is -1.55. The Morgan fingerprint density at radius 2 is 2.18 bits per heavy atom. The van der Waals surface area contributed by atoms with Crippen molar-refractivity contribution < 1.29 is 9.90 Å². The quantitative estimate of drug-likeness (QED) is 0.816. The van der Waals surface area contributed by atoms with E-state index < -0.39 is 6.09 Å². The molecule has 2 aliphatic rings. The largest absolute Gasteiger partial charge is 0.465 e. The van der Waals surface area contributed by atoms with Crippen molar-refractivity contribution in [2.75, 3.05) is 13.6 Å². The van der Waals surface area contributed by atoms with Crippen LogP contribution in [0.25, 0.3) is 0 Å². The monoisotopic (exact) mass is 232 g/mol. The van der Waals surface area contributed by atoms with Gasteiger partial charge in [0.2, 0.25) is 0 Å². The number of likely N-dealkylation sites (tertiary alicyclic amines) is 1. The fraction of sp³-hybridized carbons (Fsp3) is 0.462. The minimum absolute atomic E-state index is 0.0280. The molecule has 0 spiro atoms. The van der Waals surface area contributed by atoms with Crippen molar-refractivity contribution in [2.24, 2.45) is 5.92 Å². The lowest BCUT2D eigenvalue weighted by molar-refractivity contribution is 0.127. The summed E-state index contributed by atoms with van der Waals surface area (Å²) in [6, 6.07) is 9.88. The van der Waals surface area contributed by atoms with Crippen LogP contribution in [0.1, 0.15) is 18.0 Å².